The van der Waals surface area contributed by atoms with Crippen molar-refractivity contribution in [1.29, 1.82) is 0 Å². The van der Waals surface area contributed by atoms with Crippen LogP contribution >= 0.6 is 11.8 Å². The van der Waals surface area contributed by atoms with Gasteiger partial charge in [-0.1, -0.05) is 13.8 Å². The zero-order valence-corrected chi connectivity index (χ0v) is 8.03. The maximum absolute atomic E-state index is 9.23. The SMILES string of the molecule is C#CCC(O)CSC(C)CC. The van der Waals surface area contributed by atoms with Crippen molar-refractivity contribution in [3.05, 3.63) is 0 Å². The number of rotatable bonds is 5. The molecule has 0 aliphatic heterocycles. The van der Waals surface area contributed by atoms with E-state index in [0.29, 0.717) is 11.7 Å². The standard InChI is InChI=1S/C9H16OS/c1-4-6-9(10)7-11-8(3)5-2/h1,8-10H,5-7H2,2-3H3. The van der Waals surface area contributed by atoms with Crippen molar-refractivity contribution in [1.82, 2.24) is 0 Å². The summed E-state index contributed by atoms with van der Waals surface area (Å²) in [5.74, 6) is 3.21. The highest BCUT2D eigenvalue weighted by Gasteiger charge is 2.04. The maximum Gasteiger partial charge on any atom is 0.0739 e. The summed E-state index contributed by atoms with van der Waals surface area (Å²) in [4.78, 5) is 0. The first-order valence-corrected chi connectivity index (χ1v) is 4.98. The van der Waals surface area contributed by atoms with Crippen molar-refractivity contribution >= 4 is 11.8 Å². The number of aliphatic hydroxyl groups is 1. The summed E-state index contributed by atoms with van der Waals surface area (Å²) in [6.07, 6.45) is 6.35. The highest BCUT2D eigenvalue weighted by molar-refractivity contribution is 7.99. The van der Waals surface area contributed by atoms with Gasteiger partial charge in [-0.2, -0.15) is 11.8 Å². The number of hydrogen-bond donors (Lipinski definition) is 1. The summed E-state index contributed by atoms with van der Waals surface area (Å²) < 4.78 is 0. The summed E-state index contributed by atoms with van der Waals surface area (Å²) in [7, 11) is 0. The van der Waals surface area contributed by atoms with Gasteiger partial charge >= 0.3 is 0 Å². The van der Waals surface area contributed by atoms with Gasteiger partial charge in [0.05, 0.1) is 6.10 Å². The van der Waals surface area contributed by atoms with Crippen molar-refractivity contribution in [2.24, 2.45) is 0 Å². The Morgan fingerprint density at radius 3 is 2.73 bits per heavy atom. The van der Waals surface area contributed by atoms with Crippen LogP contribution in [0, 0.1) is 12.3 Å². The van der Waals surface area contributed by atoms with Crippen LogP contribution in [0.3, 0.4) is 0 Å². The van der Waals surface area contributed by atoms with Gasteiger partial charge in [0.2, 0.25) is 0 Å². The normalized spacial score (nSPS) is 15.5. The van der Waals surface area contributed by atoms with E-state index in [1.807, 2.05) is 0 Å². The summed E-state index contributed by atoms with van der Waals surface area (Å²) in [6.45, 7) is 4.30. The highest BCUT2D eigenvalue weighted by Crippen LogP contribution is 2.15. The summed E-state index contributed by atoms with van der Waals surface area (Å²) >= 11 is 1.78. The van der Waals surface area contributed by atoms with Gasteiger partial charge in [0, 0.05) is 17.4 Å². The third-order valence-electron chi connectivity index (χ3n) is 1.50. The van der Waals surface area contributed by atoms with Gasteiger partial charge in [-0.3, -0.25) is 0 Å². The Labute approximate surface area is 73.6 Å². The Bertz CT molecular complexity index is 128. The molecule has 0 radical (unpaired) electrons. The molecule has 0 amide bonds. The lowest BCUT2D eigenvalue weighted by molar-refractivity contribution is 0.205. The number of aliphatic hydroxyl groups excluding tert-OH is 1. The molecule has 2 unspecified atom stereocenters. The summed E-state index contributed by atoms with van der Waals surface area (Å²) in [5, 5.41) is 9.86. The van der Waals surface area contributed by atoms with E-state index in [9.17, 15) is 5.11 Å². The first-order valence-electron chi connectivity index (χ1n) is 3.93. The average molecular weight is 172 g/mol. The molecule has 0 bridgehead atoms. The molecule has 0 aliphatic carbocycles. The maximum atomic E-state index is 9.23. The number of hydrogen-bond acceptors (Lipinski definition) is 2. The lowest BCUT2D eigenvalue weighted by Crippen LogP contribution is -2.10. The second-order valence-corrected chi connectivity index (χ2v) is 4.09. The monoisotopic (exact) mass is 172 g/mol. The fourth-order valence-electron chi connectivity index (χ4n) is 0.588. The fraction of sp³-hybridized carbons (Fsp3) is 0.778. The molecule has 0 rings (SSSR count). The van der Waals surface area contributed by atoms with Crippen molar-refractivity contribution in [2.45, 2.75) is 38.0 Å². The molecular formula is C9H16OS. The molecule has 64 valence electrons. The van der Waals surface area contributed by atoms with Crippen LogP contribution in [0.5, 0.6) is 0 Å². The van der Waals surface area contributed by atoms with Crippen LogP contribution in [0.4, 0.5) is 0 Å². The molecule has 0 heterocycles. The molecule has 1 N–H and O–H groups in total. The van der Waals surface area contributed by atoms with E-state index >= 15 is 0 Å². The van der Waals surface area contributed by atoms with Crippen LogP contribution in [0.2, 0.25) is 0 Å². The van der Waals surface area contributed by atoms with Crippen molar-refractivity contribution in [3.8, 4) is 12.3 Å². The Balaban J connectivity index is 3.31. The molecule has 0 aromatic heterocycles. The van der Waals surface area contributed by atoms with Crippen molar-refractivity contribution < 1.29 is 5.11 Å². The second-order valence-electron chi connectivity index (χ2n) is 2.61. The molecule has 0 saturated carbocycles. The van der Waals surface area contributed by atoms with E-state index < -0.39 is 0 Å². The van der Waals surface area contributed by atoms with Crippen LogP contribution in [-0.4, -0.2) is 22.2 Å². The molecule has 0 aromatic carbocycles. The zero-order chi connectivity index (χ0) is 8.69. The van der Waals surface area contributed by atoms with Gasteiger partial charge in [-0.25, -0.2) is 0 Å². The van der Waals surface area contributed by atoms with Crippen LogP contribution in [0.1, 0.15) is 26.7 Å². The third-order valence-corrected chi connectivity index (χ3v) is 2.98. The fourth-order valence-corrected chi connectivity index (χ4v) is 1.49. The summed E-state index contributed by atoms with van der Waals surface area (Å²) in [6, 6.07) is 0. The molecular weight excluding hydrogens is 156 g/mol. The van der Waals surface area contributed by atoms with Gasteiger partial charge < -0.3 is 5.11 Å². The number of thioether (sulfide) groups is 1. The van der Waals surface area contributed by atoms with E-state index in [-0.39, 0.29) is 6.10 Å². The molecule has 11 heavy (non-hydrogen) atoms. The Morgan fingerprint density at radius 1 is 1.64 bits per heavy atom. The smallest absolute Gasteiger partial charge is 0.0739 e. The van der Waals surface area contributed by atoms with Gasteiger partial charge in [0.1, 0.15) is 0 Å². The van der Waals surface area contributed by atoms with E-state index in [1.54, 1.807) is 11.8 Å². The first kappa shape index (κ1) is 10.9. The molecule has 0 spiro atoms. The topological polar surface area (TPSA) is 20.2 Å². The summed E-state index contributed by atoms with van der Waals surface area (Å²) in [5.41, 5.74) is 0. The Kier molecular flexibility index (Phi) is 6.49. The van der Waals surface area contributed by atoms with Crippen LogP contribution in [0.15, 0.2) is 0 Å². The van der Waals surface area contributed by atoms with Crippen molar-refractivity contribution in [2.75, 3.05) is 5.75 Å². The highest BCUT2D eigenvalue weighted by atomic mass is 32.2. The minimum absolute atomic E-state index is 0.320. The average Bonchev–Trinajstić information content (AvgIpc) is 2.01. The largest absolute Gasteiger partial charge is 0.391 e. The van der Waals surface area contributed by atoms with Gasteiger partial charge in [0.25, 0.3) is 0 Å². The quantitative estimate of drug-likeness (QED) is 0.639. The second kappa shape index (κ2) is 6.57. The number of terminal acetylenes is 1. The molecule has 0 fully saturated rings. The predicted octanol–water partition coefficient (Wildman–Crippen LogP) is 1.90. The van der Waals surface area contributed by atoms with Crippen LogP contribution in [-0.2, 0) is 0 Å². The lowest BCUT2D eigenvalue weighted by Gasteiger charge is -2.10. The van der Waals surface area contributed by atoms with E-state index in [0.717, 1.165) is 12.2 Å². The van der Waals surface area contributed by atoms with Crippen LogP contribution < -0.4 is 0 Å². The van der Waals surface area contributed by atoms with Gasteiger partial charge in [-0.15, -0.1) is 12.3 Å². The molecule has 1 nitrogen and oxygen atoms in total. The predicted molar refractivity (Wildman–Crippen MR) is 51.7 cm³/mol. The van der Waals surface area contributed by atoms with E-state index in [2.05, 4.69) is 19.8 Å². The van der Waals surface area contributed by atoms with Gasteiger partial charge in [0.15, 0.2) is 0 Å². The first-order chi connectivity index (χ1) is 5.20. The molecule has 0 saturated heterocycles. The molecule has 0 aliphatic rings. The minimum atomic E-state index is -0.320. The molecule has 2 heteroatoms. The molecule has 2 atom stereocenters. The molecule has 0 aromatic rings. The Morgan fingerprint density at radius 2 is 2.27 bits per heavy atom. The van der Waals surface area contributed by atoms with E-state index in [1.165, 1.54) is 0 Å². The Hall–Kier alpha value is -0.130. The van der Waals surface area contributed by atoms with Crippen molar-refractivity contribution in [3.63, 3.8) is 0 Å². The van der Waals surface area contributed by atoms with E-state index in [4.69, 9.17) is 6.42 Å². The minimum Gasteiger partial charge on any atom is -0.391 e. The lowest BCUT2D eigenvalue weighted by atomic mass is 10.3. The van der Waals surface area contributed by atoms with Gasteiger partial charge in [-0.05, 0) is 6.42 Å². The third kappa shape index (κ3) is 6.28. The van der Waals surface area contributed by atoms with Crippen LogP contribution in [0.25, 0.3) is 0 Å². The zero-order valence-electron chi connectivity index (χ0n) is 7.21.